The number of carbonyl (C=O) groups excluding carboxylic acids is 3. The van der Waals surface area contributed by atoms with Crippen molar-refractivity contribution in [2.45, 2.75) is 51.0 Å². The number of sulfone groups is 1. The van der Waals surface area contributed by atoms with Crippen LogP contribution in [0.5, 0.6) is 0 Å². The number of carbonyl (C=O) groups is 3. The lowest BCUT2D eigenvalue weighted by molar-refractivity contribution is -0.119. The van der Waals surface area contributed by atoms with Crippen molar-refractivity contribution in [1.82, 2.24) is 0 Å². The second kappa shape index (κ2) is 10.0. The summed E-state index contributed by atoms with van der Waals surface area (Å²) >= 11 is 1.35. The predicted molar refractivity (Wildman–Crippen MR) is 125 cm³/mol. The van der Waals surface area contributed by atoms with E-state index in [9.17, 15) is 22.8 Å². The first-order valence-corrected chi connectivity index (χ1v) is 13.3. The molecule has 8 nitrogen and oxygen atoms in total. The molecule has 1 aromatic carbocycles. The zero-order valence-electron chi connectivity index (χ0n) is 19.0. The molecule has 1 amide bonds. The topological polar surface area (TPSA) is 116 Å². The van der Waals surface area contributed by atoms with Gasteiger partial charge in [-0.1, -0.05) is 6.92 Å². The Morgan fingerprint density at radius 2 is 1.82 bits per heavy atom. The zero-order valence-corrected chi connectivity index (χ0v) is 20.6. The number of nitrogens with one attached hydrogen (secondary N) is 1. The third-order valence-electron chi connectivity index (χ3n) is 5.16. The van der Waals surface area contributed by atoms with Crippen LogP contribution in [-0.2, 0) is 36.9 Å². The molecule has 3 rings (SSSR count). The summed E-state index contributed by atoms with van der Waals surface area (Å²) in [6.07, 6.45) is 3.29. The molecule has 1 atom stereocenters. The molecule has 0 spiro atoms. The summed E-state index contributed by atoms with van der Waals surface area (Å²) in [5, 5.41) is 3.10. The van der Waals surface area contributed by atoms with Crippen LogP contribution in [-0.4, -0.2) is 45.2 Å². The maximum absolute atomic E-state index is 12.7. The molecule has 0 aliphatic heterocycles. The Morgan fingerprint density at radius 1 is 1.15 bits per heavy atom. The van der Waals surface area contributed by atoms with Gasteiger partial charge in [0.2, 0.25) is 0 Å². The number of ether oxygens (including phenoxy) is 2. The Bertz CT molecular complexity index is 1160. The quantitative estimate of drug-likeness (QED) is 0.586. The Morgan fingerprint density at radius 3 is 2.42 bits per heavy atom. The summed E-state index contributed by atoms with van der Waals surface area (Å²) in [4.78, 5) is 38.6. The fourth-order valence-electron chi connectivity index (χ4n) is 3.54. The van der Waals surface area contributed by atoms with Crippen molar-refractivity contribution in [3.63, 3.8) is 0 Å². The van der Waals surface area contributed by atoms with Gasteiger partial charge in [-0.15, -0.1) is 11.3 Å². The average molecular weight is 494 g/mol. The number of benzene rings is 1. The summed E-state index contributed by atoms with van der Waals surface area (Å²) in [6, 6.07) is 5.25. The summed E-state index contributed by atoms with van der Waals surface area (Å²) in [5.41, 5.74) is 1.42. The van der Waals surface area contributed by atoms with Crippen LogP contribution in [0, 0.1) is 5.92 Å². The van der Waals surface area contributed by atoms with Gasteiger partial charge in [-0.05, 0) is 68.9 Å². The second-order valence-corrected chi connectivity index (χ2v) is 11.6. The van der Waals surface area contributed by atoms with Crippen LogP contribution in [0.2, 0.25) is 0 Å². The third kappa shape index (κ3) is 6.20. The van der Waals surface area contributed by atoms with Gasteiger partial charge in [0, 0.05) is 11.1 Å². The molecule has 1 N–H and O–H groups in total. The average Bonchev–Trinajstić information content (AvgIpc) is 3.07. The molecular formula is C23H27NO7S2. The van der Waals surface area contributed by atoms with Gasteiger partial charge in [0.05, 0.1) is 22.1 Å². The summed E-state index contributed by atoms with van der Waals surface area (Å²) in [5.74, 6) is -1.33. The summed E-state index contributed by atoms with van der Waals surface area (Å²) in [7, 11) is -3.38. The van der Waals surface area contributed by atoms with E-state index < -0.39 is 34.3 Å². The highest BCUT2D eigenvalue weighted by Crippen LogP contribution is 2.40. The predicted octanol–water partition coefficient (Wildman–Crippen LogP) is 3.64. The van der Waals surface area contributed by atoms with Crippen molar-refractivity contribution in [3.8, 4) is 0 Å². The molecule has 2 aromatic rings. The first-order valence-electron chi connectivity index (χ1n) is 10.6. The van der Waals surface area contributed by atoms with Crippen LogP contribution in [0.25, 0.3) is 0 Å². The third-order valence-corrected chi connectivity index (χ3v) is 7.46. The van der Waals surface area contributed by atoms with Crippen molar-refractivity contribution >= 4 is 44.0 Å². The highest BCUT2D eigenvalue weighted by molar-refractivity contribution is 7.90. The molecular weight excluding hydrogens is 466 g/mol. The van der Waals surface area contributed by atoms with Crippen LogP contribution in [0.1, 0.15) is 58.3 Å². The molecule has 1 aliphatic carbocycles. The van der Waals surface area contributed by atoms with E-state index in [1.165, 1.54) is 35.6 Å². The lowest BCUT2D eigenvalue weighted by Crippen LogP contribution is -2.22. The molecule has 0 fully saturated rings. The molecule has 1 aromatic heterocycles. The number of hydrogen-bond acceptors (Lipinski definition) is 8. The summed E-state index contributed by atoms with van der Waals surface area (Å²) in [6.45, 7) is 5.12. The lowest BCUT2D eigenvalue weighted by atomic mass is 9.88. The lowest BCUT2D eigenvalue weighted by Gasteiger charge is -2.18. The largest absolute Gasteiger partial charge is 0.459 e. The van der Waals surface area contributed by atoms with Crippen molar-refractivity contribution < 1.29 is 32.3 Å². The minimum atomic E-state index is -3.38. The van der Waals surface area contributed by atoms with Crippen LogP contribution >= 0.6 is 11.3 Å². The van der Waals surface area contributed by atoms with Crippen molar-refractivity contribution in [1.29, 1.82) is 0 Å². The molecule has 10 heteroatoms. The molecule has 0 radical (unpaired) electrons. The Labute approximate surface area is 197 Å². The molecule has 1 aliphatic rings. The standard InChI is InChI=1S/C23H27NO7S2/c1-13(2)31-23(27)20-17-10-5-14(3)11-18(17)32-21(20)24-19(25)12-30-22(26)15-6-8-16(9-7-15)33(4,28)29/h6-9,13-14H,5,10-12H2,1-4H3,(H,24,25). The van der Waals surface area contributed by atoms with Gasteiger partial charge in [-0.25, -0.2) is 18.0 Å². The minimum Gasteiger partial charge on any atom is -0.459 e. The van der Waals surface area contributed by atoms with Gasteiger partial charge in [0.1, 0.15) is 5.00 Å². The van der Waals surface area contributed by atoms with E-state index in [1.54, 1.807) is 13.8 Å². The van der Waals surface area contributed by atoms with E-state index in [1.807, 2.05) is 0 Å². The van der Waals surface area contributed by atoms with Crippen LogP contribution in [0.15, 0.2) is 29.2 Å². The Balaban J connectivity index is 1.69. The Hall–Kier alpha value is -2.72. The zero-order chi connectivity index (χ0) is 24.3. The normalized spacial score (nSPS) is 15.6. The minimum absolute atomic E-state index is 0.0774. The van der Waals surface area contributed by atoms with Gasteiger partial charge < -0.3 is 14.8 Å². The van der Waals surface area contributed by atoms with E-state index in [2.05, 4.69) is 12.2 Å². The van der Waals surface area contributed by atoms with Crippen LogP contribution < -0.4 is 5.32 Å². The number of amides is 1. The first kappa shape index (κ1) is 24.9. The highest BCUT2D eigenvalue weighted by atomic mass is 32.2. The van der Waals surface area contributed by atoms with Gasteiger partial charge in [-0.2, -0.15) is 0 Å². The molecule has 33 heavy (non-hydrogen) atoms. The molecule has 1 heterocycles. The number of fused-ring (bicyclic) bond motifs is 1. The van der Waals surface area contributed by atoms with E-state index >= 15 is 0 Å². The van der Waals surface area contributed by atoms with Crippen molar-refractivity contribution in [2.24, 2.45) is 5.92 Å². The highest BCUT2D eigenvalue weighted by Gasteiger charge is 2.29. The van der Waals surface area contributed by atoms with E-state index in [-0.39, 0.29) is 16.6 Å². The second-order valence-electron chi connectivity index (χ2n) is 8.43. The number of rotatable bonds is 7. The smallest absolute Gasteiger partial charge is 0.341 e. The van der Waals surface area contributed by atoms with E-state index in [4.69, 9.17) is 9.47 Å². The van der Waals surface area contributed by atoms with E-state index in [0.29, 0.717) is 16.5 Å². The number of esters is 2. The Kier molecular flexibility index (Phi) is 7.58. The summed E-state index contributed by atoms with van der Waals surface area (Å²) < 4.78 is 33.5. The number of hydrogen-bond donors (Lipinski definition) is 1. The molecule has 0 bridgehead atoms. The molecule has 178 valence electrons. The molecule has 0 saturated carbocycles. The van der Waals surface area contributed by atoms with Crippen molar-refractivity contribution in [2.75, 3.05) is 18.2 Å². The molecule has 0 saturated heterocycles. The SMILES string of the molecule is CC1CCc2c(sc(NC(=O)COC(=O)c3ccc(S(C)(=O)=O)cc3)c2C(=O)OC(C)C)C1. The van der Waals surface area contributed by atoms with Crippen LogP contribution in [0.4, 0.5) is 5.00 Å². The monoisotopic (exact) mass is 493 g/mol. The fraction of sp³-hybridized carbons (Fsp3) is 0.435. The van der Waals surface area contributed by atoms with Crippen molar-refractivity contribution in [3.05, 3.63) is 45.8 Å². The first-order chi connectivity index (χ1) is 15.5. The van der Waals surface area contributed by atoms with Crippen LogP contribution in [0.3, 0.4) is 0 Å². The number of thiophene rings is 1. The maximum Gasteiger partial charge on any atom is 0.341 e. The fourth-order valence-corrected chi connectivity index (χ4v) is 5.59. The van der Waals surface area contributed by atoms with Gasteiger partial charge >= 0.3 is 11.9 Å². The number of anilines is 1. The van der Waals surface area contributed by atoms with E-state index in [0.717, 1.165) is 36.0 Å². The maximum atomic E-state index is 12.7. The van der Waals surface area contributed by atoms with Gasteiger partial charge in [0.15, 0.2) is 16.4 Å². The van der Waals surface area contributed by atoms with Gasteiger partial charge in [0.25, 0.3) is 5.91 Å². The molecule has 1 unspecified atom stereocenters. The van der Waals surface area contributed by atoms with Gasteiger partial charge in [-0.3, -0.25) is 4.79 Å².